The zero-order chi connectivity index (χ0) is 34.1. The van der Waals surface area contributed by atoms with E-state index in [1.807, 2.05) is 24.1 Å². The van der Waals surface area contributed by atoms with Crippen molar-refractivity contribution in [2.75, 3.05) is 74.7 Å². The Bertz CT molecular complexity index is 1850. The Kier molecular flexibility index (Phi) is 9.97. The SMILES string of the molecule is Cn1cc(-c2cc(Nc3ncc(Br)c(Nc4ccc(F)cc4P(C)(C)=O)n3)c(OCC3CC3)cc2N2CCC(N3CCNCC3)CC2)cn1. The minimum atomic E-state index is -2.79. The number of aromatic nitrogens is 4. The number of nitrogens with zero attached hydrogens (tertiary/aromatic N) is 6. The summed E-state index contributed by atoms with van der Waals surface area (Å²) in [6.07, 6.45) is 10.2. The van der Waals surface area contributed by atoms with Crippen molar-refractivity contribution in [3.05, 3.63) is 59.2 Å². The van der Waals surface area contributed by atoms with Gasteiger partial charge in [0.2, 0.25) is 5.95 Å². The summed E-state index contributed by atoms with van der Waals surface area (Å²) in [5.41, 5.74) is 4.49. The standard InChI is InChI=1S/C35H44BrFN9O2P/c1-44-21-24(19-40-44)27-17-30(42-35-39-20-28(36)34(43-35)41-29-7-6-25(37)16-33(29)49(2,3)47)32(48-22-23-4-5-23)18-31(27)46-12-8-26(9-13-46)45-14-10-38-11-15-45/h6-7,16-21,23,26,38H,4-5,8-15,22H2,1-3H3,(H2,39,41,42,43). The van der Waals surface area contributed by atoms with E-state index in [1.165, 1.54) is 25.0 Å². The van der Waals surface area contributed by atoms with Gasteiger partial charge in [-0.25, -0.2) is 9.37 Å². The first-order chi connectivity index (χ1) is 23.6. The number of hydrogen-bond acceptors (Lipinski definition) is 10. The van der Waals surface area contributed by atoms with E-state index < -0.39 is 13.0 Å². The molecule has 0 unspecified atom stereocenters. The number of benzene rings is 2. The van der Waals surface area contributed by atoms with Gasteiger partial charge in [-0.1, -0.05) is 0 Å². The Labute approximate surface area is 295 Å². The monoisotopic (exact) mass is 751 g/mol. The lowest BCUT2D eigenvalue weighted by atomic mass is 9.98. The molecule has 2 saturated heterocycles. The summed E-state index contributed by atoms with van der Waals surface area (Å²) >= 11 is 3.55. The van der Waals surface area contributed by atoms with Crippen molar-refractivity contribution < 1.29 is 13.7 Å². The molecule has 11 nitrogen and oxygen atoms in total. The highest BCUT2D eigenvalue weighted by Gasteiger charge is 2.29. The molecule has 2 aliphatic heterocycles. The van der Waals surface area contributed by atoms with E-state index in [-0.39, 0.29) is 0 Å². The van der Waals surface area contributed by atoms with Crippen molar-refractivity contribution in [2.24, 2.45) is 13.0 Å². The van der Waals surface area contributed by atoms with Crippen LogP contribution in [0, 0.1) is 11.7 Å². The predicted molar refractivity (Wildman–Crippen MR) is 198 cm³/mol. The van der Waals surface area contributed by atoms with Crippen LogP contribution in [0.15, 0.2) is 53.4 Å². The van der Waals surface area contributed by atoms with E-state index in [2.05, 4.69) is 63.9 Å². The second kappa shape index (κ2) is 14.4. The average Bonchev–Trinajstić information content (AvgIpc) is 3.83. The second-order valence-electron chi connectivity index (χ2n) is 13.7. The van der Waals surface area contributed by atoms with Crippen LogP contribution in [0.3, 0.4) is 0 Å². The molecule has 14 heteroatoms. The summed E-state index contributed by atoms with van der Waals surface area (Å²) < 4.78 is 36.1. The lowest BCUT2D eigenvalue weighted by Gasteiger charge is -2.41. The largest absolute Gasteiger partial charge is 0.491 e. The van der Waals surface area contributed by atoms with Gasteiger partial charge in [0.15, 0.2) is 0 Å². The molecule has 0 bridgehead atoms. The lowest BCUT2D eigenvalue weighted by Crippen LogP contribution is -2.52. The Morgan fingerprint density at radius 1 is 1.02 bits per heavy atom. The highest BCUT2D eigenvalue weighted by atomic mass is 79.9. The number of hydrogen-bond donors (Lipinski definition) is 3. The van der Waals surface area contributed by atoms with Gasteiger partial charge in [0.05, 0.1) is 28.7 Å². The van der Waals surface area contributed by atoms with Gasteiger partial charge in [-0.15, -0.1) is 0 Å². The second-order valence-corrected chi connectivity index (χ2v) is 17.7. The molecule has 0 spiro atoms. The van der Waals surface area contributed by atoms with Crippen LogP contribution in [-0.4, -0.2) is 89.9 Å². The van der Waals surface area contributed by atoms with E-state index in [0.29, 0.717) is 45.8 Å². The molecule has 4 aromatic rings. The van der Waals surface area contributed by atoms with Crippen molar-refractivity contribution in [1.82, 2.24) is 30.0 Å². The van der Waals surface area contributed by atoms with E-state index in [9.17, 15) is 8.96 Å². The molecule has 3 aliphatic rings. The molecule has 3 N–H and O–H groups in total. The normalized spacial score (nSPS) is 17.7. The molecule has 0 amide bonds. The molecule has 2 aromatic carbocycles. The molecule has 2 aromatic heterocycles. The van der Waals surface area contributed by atoms with Gasteiger partial charge in [-0.3, -0.25) is 9.58 Å². The minimum absolute atomic E-state index is 0.350. The van der Waals surface area contributed by atoms with Crippen LogP contribution in [0.25, 0.3) is 11.1 Å². The molecular weight excluding hydrogens is 708 g/mol. The van der Waals surface area contributed by atoms with E-state index in [4.69, 9.17) is 9.72 Å². The molecule has 49 heavy (non-hydrogen) atoms. The van der Waals surface area contributed by atoms with Crippen molar-refractivity contribution >= 4 is 57.2 Å². The smallest absolute Gasteiger partial charge is 0.229 e. The number of piperazine rings is 1. The van der Waals surface area contributed by atoms with Gasteiger partial charge in [0, 0.05) is 92.9 Å². The third kappa shape index (κ3) is 8.11. The van der Waals surface area contributed by atoms with Crippen LogP contribution in [0.4, 0.5) is 33.2 Å². The van der Waals surface area contributed by atoms with Gasteiger partial charge in [-0.05, 0) is 85.1 Å². The first-order valence-electron chi connectivity index (χ1n) is 17.0. The number of anilines is 5. The van der Waals surface area contributed by atoms with Crippen LogP contribution in [0.1, 0.15) is 25.7 Å². The molecule has 0 radical (unpaired) electrons. The zero-order valence-corrected chi connectivity index (χ0v) is 30.7. The highest BCUT2D eigenvalue weighted by molar-refractivity contribution is 9.10. The third-order valence-corrected chi connectivity index (χ3v) is 11.7. The molecule has 4 heterocycles. The Morgan fingerprint density at radius 2 is 1.80 bits per heavy atom. The van der Waals surface area contributed by atoms with Gasteiger partial charge in [-0.2, -0.15) is 10.1 Å². The summed E-state index contributed by atoms with van der Waals surface area (Å²) in [6, 6.07) is 9.14. The van der Waals surface area contributed by atoms with E-state index in [0.717, 1.165) is 80.4 Å². The van der Waals surface area contributed by atoms with Crippen LogP contribution in [-0.2, 0) is 11.6 Å². The quantitative estimate of drug-likeness (QED) is 0.154. The molecule has 1 aliphatic carbocycles. The molecule has 3 fully saturated rings. The first kappa shape index (κ1) is 34.0. The van der Waals surface area contributed by atoms with E-state index in [1.54, 1.807) is 25.6 Å². The summed E-state index contributed by atoms with van der Waals surface area (Å²) in [5, 5.41) is 15.1. The topological polar surface area (TPSA) is 112 Å². The first-order valence-corrected chi connectivity index (χ1v) is 20.4. The maximum Gasteiger partial charge on any atom is 0.229 e. The van der Waals surface area contributed by atoms with Crippen LogP contribution in [0.5, 0.6) is 5.75 Å². The Balaban J connectivity index is 1.21. The number of rotatable bonds is 11. The highest BCUT2D eigenvalue weighted by Crippen LogP contribution is 2.43. The number of aryl methyl sites for hydroxylation is 1. The Morgan fingerprint density at radius 3 is 2.49 bits per heavy atom. The predicted octanol–water partition coefficient (Wildman–Crippen LogP) is 6.18. The fraction of sp³-hybridized carbons (Fsp3) is 0.457. The Hall–Kier alpha value is -3.51. The van der Waals surface area contributed by atoms with Gasteiger partial charge in [0.25, 0.3) is 0 Å². The fourth-order valence-electron chi connectivity index (χ4n) is 6.67. The fourth-order valence-corrected chi connectivity index (χ4v) is 8.10. The maximum atomic E-state index is 14.1. The number of piperidine rings is 1. The van der Waals surface area contributed by atoms with E-state index >= 15 is 0 Å². The number of nitrogens with one attached hydrogen (secondary N) is 3. The molecular formula is C35H44BrFN9O2P. The van der Waals surface area contributed by atoms with Crippen LogP contribution >= 0.6 is 23.1 Å². The average molecular weight is 753 g/mol. The molecule has 7 rings (SSSR count). The van der Waals surface area contributed by atoms with Crippen molar-refractivity contribution in [1.29, 1.82) is 0 Å². The summed E-state index contributed by atoms with van der Waals surface area (Å²) in [4.78, 5) is 14.5. The number of halogens is 2. The summed E-state index contributed by atoms with van der Waals surface area (Å²) in [5.74, 6) is 1.68. The van der Waals surface area contributed by atoms with Crippen LogP contribution in [0.2, 0.25) is 0 Å². The third-order valence-electron chi connectivity index (χ3n) is 9.54. The minimum Gasteiger partial charge on any atom is -0.491 e. The molecule has 1 saturated carbocycles. The van der Waals surface area contributed by atoms with Crippen LogP contribution < -0.4 is 30.9 Å². The van der Waals surface area contributed by atoms with Gasteiger partial charge >= 0.3 is 0 Å². The maximum absolute atomic E-state index is 14.1. The van der Waals surface area contributed by atoms with Crippen molar-refractivity contribution in [3.8, 4) is 16.9 Å². The van der Waals surface area contributed by atoms with Crippen molar-refractivity contribution in [2.45, 2.75) is 31.7 Å². The van der Waals surface area contributed by atoms with Crippen molar-refractivity contribution in [3.63, 3.8) is 0 Å². The summed E-state index contributed by atoms with van der Waals surface area (Å²) in [6.45, 7) is 10.2. The zero-order valence-electron chi connectivity index (χ0n) is 28.3. The molecule has 0 atom stereocenters. The van der Waals surface area contributed by atoms with Gasteiger partial charge < -0.3 is 30.2 Å². The van der Waals surface area contributed by atoms with Gasteiger partial charge in [0.1, 0.15) is 24.5 Å². The number of ether oxygens (including phenoxy) is 1. The lowest BCUT2D eigenvalue weighted by molar-refractivity contribution is 0.150. The summed E-state index contributed by atoms with van der Waals surface area (Å²) in [7, 11) is -0.857. The molecule has 260 valence electrons.